The van der Waals surface area contributed by atoms with Crippen molar-refractivity contribution in [3.63, 3.8) is 0 Å². The summed E-state index contributed by atoms with van der Waals surface area (Å²) in [5, 5.41) is 1.07. The zero-order chi connectivity index (χ0) is 17.3. The van der Waals surface area contributed by atoms with Crippen LogP contribution >= 0.6 is 7.68 Å². The van der Waals surface area contributed by atoms with Crippen LogP contribution in [0.2, 0.25) is 0 Å². The van der Waals surface area contributed by atoms with Crippen molar-refractivity contribution in [1.29, 1.82) is 0 Å². The van der Waals surface area contributed by atoms with Gasteiger partial charge in [0, 0.05) is 16.9 Å². The zero-order valence-corrected chi connectivity index (χ0v) is 14.3. The molecule has 0 N–H and O–H groups in total. The lowest BCUT2D eigenvalue weighted by Crippen LogP contribution is -1.98. The third-order valence-electron chi connectivity index (χ3n) is 3.97. The van der Waals surface area contributed by atoms with E-state index in [1.807, 2.05) is 28.8 Å². The highest BCUT2D eigenvalue weighted by Crippen LogP contribution is 2.35. The Morgan fingerprint density at radius 3 is 2.33 bits per heavy atom. The van der Waals surface area contributed by atoms with Crippen LogP contribution in [0, 0.1) is 5.82 Å². The largest absolute Gasteiger partial charge is 0.341 e. The summed E-state index contributed by atoms with van der Waals surface area (Å²) in [6, 6.07) is 14.1. The molecule has 0 unspecified atom stereocenters. The molecule has 24 heavy (non-hydrogen) atoms. The van der Waals surface area contributed by atoms with Gasteiger partial charge < -0.3 is 4.57 Å². The Balaban J connectivity index is 2.41. The Morgan fingerprint density at radius 1 is 1.04 bits per heavy atom. The molecule has 0 aliphatic carbocycles. The predicted octanol–water partition coefficient (Wildman–Crippen LogP) is 6.04. The lowest BCUT2D eigenvalue weighted by Gasteiger charge is -2.11. The zero-order valence-electron chi connectivity index (χ0n) is 13.4. The Kier molecular flexibility index (Phi) is 4.50. The minimum atomic E-state index is -2.63. The quantitative estimate of drug-likeness (QED) is 0.543. The van der Waals surface area contributed by atoms with E-state index in [2.05, 4.69) is 13.8 Å². The second-order valence-electron chi connectivity index (χ2n) is 5.88. The molecule has 0 radical (unpaired) electrons. The van der Waals surface area contributed by atoms with Gasteiger partial charge in [-0.25, -0.2) is 13.5 Å². The van der Waals surface area contributed by atoms with Crippen molar-refractivity contribution >= 4 is 24.7 Å². The summed E-state index contributed by atoms with van der Waals surface area (Å²) >= 11 is 0. The van der Waals surface area contributed by atoms with Crippen LogP contribution in [-0.4, -0.2) is 4.57 Å². The van der Waals surface area contributed by atoms with Crippen molar-refractivity contribution < 1.29 is 13.5 Å². The summed E-state index contributed by atoms with van der Waals surface area (Å²) in [6.07, 6.45) is 1.62. The minimum absolute atomic E-state index is 0.209. The van der Waals surface area contributed by atoms with Gasteiger partial charge in [0.05, 0.1) is 11.2 Å². The van der Waals surface area contributed by atoms with Gasteiger partial charge in [-0.2, -0.15) is 0 Å². The lowest BCUT2D eigenvalue weighted by molar-refractivity contribution is 0.522. The first kappa shape index (κ1) is 16.4. The van der Waals surface area contributed by atoms with Crippen LogP contribution in [0.5, 0.6) is 0 Å². The first-order valence-electron chi connectivity index (χ1n) is 7.70. The number of benzene rings is 2. The van der Waals surface area contributed by atoms with Gasteiger partial charge in [0.25, 0.3) is 0 Å². The van der Waals surface area contributed by atoms with E-state index >= 15 is 0 Å². The maximum Gasteiger partial charge on any atom is 0.341 e. The van der Waals surface area contributed by atoms with E-state index in [-0.39, 0.29) is 11.7 Å². The van der Waals surface area contributed by atoms with Crippen molar-refractivity contribution in [3.05, 3.63) is 71.4 Å². The SMILES string of the molecule is CC(C)c1c(C=CP(=O)=O)n(-c2ccc(F)cc2)c2ccccc12. The highest BCUT2D eigenvalue weighted by atomic mass is 31.1. The molecule has 2 aromatic carbocycles. The van der Waals surface area contributed by atoms with Crippen LogP contribution in [0.1, 0.15) is 31.0 Å². The van der Waals surface area contributed by atoms with Crippen LogP contribution in [0.15, 0.2) is 54.3 Å². The minimum Gasteiger partial charge on any atom is -0.310 e. The van der Waals surface area contributed by atoms with Crippen LogP contribution in [0.4, 0.5) is 4.39 Å². The third kappa shape index (κ3) is 2.98. The third-order valence-corrected chi connectivity index (χ3v) is 4.36. The second-order valence-corrected chi connectivity index (χ2v) is 6.75. The average Bonchev–Trinajstić information content (AvgIpc) is 2.88. The van der Waals surface area contributed by atoms with Gasteiger partial charge in [-0.15, -0.1) is 0 Å². The molecule has 122 valence electrons. The number of hydrogen-bond donors (Lipinski definition) is 0. The summed E-state index contributed by atoms with van der Waals surface area (Å²) in [5.41, 5.74) is 3.63. The molecule has 0 bridgehead atoms. The lowest BCUT2D eigenvalue weighted by atomic mass is 9.99. The fourth-order valence-electron chi connectivity index (χ4n) is 3.06. The molecule has 3 nitrogen and oxygen atoms in total. The van der Waals surface area contributed by atoms with Gasteiger partial charge in [0.1, 0.15) is 5.82 Å². The van der Waals surface area contributed by atoms with Crippen LogP contribution in [0.25, 0.3) is 22.7 Å². The normalized spacial score (nSPS) is 11.7. The molecule has 0 atom stereocenters. The van der Waals surface area contributed by atoms with E-state index in [9.17, 15) is 13.5 Å². The number of fused-ring (bicyclic) bond motifs is 1. The Morgan fingerprint density at radius 2 is 1.71 bits per heavy atom. The van der Waals surface area contributed by atoms with Crippen LogP contribution in [-0.2, 0) is 9.13 Å². The number of hydrogen-bond acceptors (Lipinski definition) is 2. The van der Waals surface area contributed by atoms with Crippen LogP contribution < -0.4 is 0 Å². The molecular formula is C19H17FNO2P. The van der Waals surface area contributed by atoms with Crippen molar-refractivity contribution in [2.45, 2.75) is 19.8 Å². The molecular weight excluding hydrogens is 324 g/mol. The summed E-state index contributed by atoms with van der Waals surface area (Å²) in [7, 11) is -2.63. The monoisotopic (exact) mass is 341 g/mol. The maximum atomic E-state index is 13.3. The molecule has 0 fully saturated rings. The fourth-order valence-corrected chi connectivity index (χ4v) is 3.32. The molecule has 1 aromatic heterocycles. The van der Waals surface area contributed by atoms with E-state index in [4.69, 9.17) is 0 Å². The van der Waals surface area contributed by atoms with E-state index in [1.54, 1.807) is 18.2 Å². The van der Waals surface area contributed by atoms with E-state index in [1.165, 1.54) is 17.9 Å². The summed E-state index contributed by atoms with van der Waals surface area (Å²) in [6.45, 7) is 4.15. The smallest absolute Gasteiger partial charge is 0.310 e. The molecule has 3 rings (SSSR count). The Bertz CT molecular complexity index is 975. The summed E-state index contributed by atoms with van der Waals surface area (Å²) < 4.78 is 37.4. The van der Waals surface area contributed by atoms with Crippen LogP contribution in [0.3, 0.4) is 0 Å². The first-order valence-corrected chi connectivity index (χ1v) is 8.94. The van der Waals surface area contributed by atoms with Gasteiger partial charge >= 0.3 is 7.68 Å². The van der Waals surface area contributed by atoms with Gasteiger partial charge in [0.2, 0.25) is 0 Å². The number of rotatable bonds is 4. The van der Waals surface area contributed by atoms with Crippen molar-refractivity contribution in [1.82, 2.24) is 4.57 Å². The first-order chi connectivity index (χ1) is 11.5. The average molecular weight is 341 g/mol. The molecule has 0 saturated carbocycles. The van der Waals surface area contributed by atoms with Crippen molar-refractivity contribution in [2.75, 3.05) is 0 Å². The number of aromatic nitrogens is 1. The highest BCUT2D eigenvalue weighted by Gasteiger charge is 2.18. The maximum absolute atomic E-state index is 13.3. The standard InChI is InChI=1S/C19H17FNO2P/c1-13(2)19-16-5-3-4-6-17(16)21(18(19)11-12-24(22)23)15-9-7-14(20)8-10-15/h3-13H,1-2H3. The topological polar surface area (TPSA) is 39.1 Å². The molecule has 0 amide bonds. The van der Waals surface area contributed by atoms with Gasteiger partial charge in [0.15, 0.2) is 0 Å². The predicted molar refractivity (Wildman–Crippen MR) is 94.6 cm³/mol. The molecule has 3 aromatic rings. The summed E-state index contributed by atoms with van der Waals surface area (Å²) in [4.78, 5) is 0. The Hall–Kier alpha value is -2.45. The number of para-hydroxylation sites is 1. The number of nitrogens with zero attached hydrogens (tertiary/aromatic N) is 1. The van der Waals surface area contributed by atoms with E-state index in [0.29, 0.717) is 0 Å². The van der Waals surface area contributed by atoms with E-state index < -0.39 is 7.68 Å². The molecule has 0 aliphatic rings. The molecule has 0 aliphatic heterocycles. The van der Waals surface area contributed by atoms with Gasteiger partial charge in [-0.1, -0.05) is 32.0 Å². The van der Waals surface area contributed by atoms with Gasteiger partial charge in [-0.3, -0.25) is 0 Å². The molecule has 5 heteroatoms. The second kappa shape index (κ2) is 6.58. The van der Waals surface area contributed by atoms with Gasteiger partial charge in [-0.05, 0) is 47.9 Å². The Labute approximate surface area is 140 Å². The molecule has 0 saturated heterocycles. The van der Waals surface area contributed by atoms with Crippen molar-refractivity contribution in [3.8, 4) is 5.69 Å². The highest BCUT2D eigenvalue weighted by molar-refractivity contribution is 7.34. The number of halogens is 1. The molecule has 0 spiro atoms. The van der Waals surface area contributed by atoms with E-state index in [0.717, 1.165) is 27.8 Å². The van der Waals surface area contributed by atoms with Crippen molar-refractivity contribution in [2.24, 2.45) is 0 Å². The fraction of sp³-hybridized carbons (Fsp3) is 0.158. The summed E-state index contributed by atoms with van der Waals surface area (Å²) in [5.74, 6) is 1.08. The molecule has 1 heterocycles.